The number of pyridine rings is 1. The Labute approximate surface area is 184 Å². The van der Waals surface area contributed by atoms with Gasteiger partial charge in [-0.2, -0.15) is 0 Å². The van der Waals surface area contributed by atoms with E-state index in [1.807, 2.05) is 30.2 Å². The average Bonchev–Trinajstić information content (AvgIpc) is 3.06. The largest absolute Gasteiger partial charge is 0.379 e. The van der Waals surface area contributed by atoms with Crippen molar-refractivity contribution in [2.24, 2.45) is 0 Å². The molecule has 1 unspecified atom stereocenters. The first-order valence-corrected chi connectivity index (χ1v) is 11.5. The van der Waals surface area contributed by atoms with Gasteiger partial charge >= 0.3 is 0 Å². The van der Waals surface area contributed by atoms with E-state index >= 15 is 0 Å². The van der Waals surface area contributed by atoms with Crippen molar-refractivity contribution in [3.63, 3.8) is 0 Å². The molecule has 0 radical (unpaired) electrons. The molecule has 0 spiro atoms. The van der Waals surface area contributed by atoms with Crippen LogP contribution in [0.15, 0.2) is 47.4 Å². The van der Waals surface area contributed by atoms with Crippen molar-refractivity contribution in [2.75, 3.05) is 45.9 Å². The van der Waals surface area contributed by atoms with Crippen molar-refractivity contribution in [1.82, 2.24) is 14.4 Å². The molecule has 0 saturated carbocycles. The molecule has 2 aliphatic heterocycles. The lowest BCUT2D eigenvalue weighted by molar-refractivity contribution is 0.0362. The summed E-state index contributed by atoms with van der Waals surface area (Å²) in [4.78, 5) is 30.8. The maximum absolute atomic E-state index is 13.4. The molecule has 166 valence electrons. The molecule has 31 heavy (non-hydrogen) atoms. The molecular weight excluding hydrogens is 390 g/mol. The van der Waals surface area contributed by atoms with Gasteiger partial charge in [0.25, 0.3) is 11.5 Å². The first-order valence-electron chi connectivity index (χ1n) is 11.5. The number of aromatic nitrogens is 1. The quantitative estimate of drug-likeness (QED) is 0.742. The van der Waals surface area contributed by atoms with Gasteiger partial charge in [-0.15, -0.1) is 0 Å². The molecule has 2 fully saturated rings. The molecule has 6 heteroatoms. The number of morpholine rings is 1. The number of ether oxygens (including phenoxy) is 1. The minimum atomic E-state index is -0.165. The van der Waals surface area contributed by atoms with Crippen LogP contribution in [0.2, 0.25) is 0 Å². The van der Waals surface area contributed by atoms with Crippen molar-refractivity contribution in [2.45, 2.75) is 38.6 Å². The van der Waals surface area contributed by atoms with Gasteiger partial charge in [0.05, 0.1) is 13.2 Å². The van der Waals surface area contributed by atoms with Gasteiger partial charge < -0.3 is 14.2 Å². The highest BCUT2D eigenvalue weighted by atomic mass is 16.5. The number of carbonyl (C=O) groups is 1. The molecule has 2 aliphatic rings. The lowest BCUT2D eigenvalue weighted by Gasteiger charge is -2.27. The van der Waals surface area contributed by atoms with Gasteiger partial charge in [-0.25, -0.2) is 0 Å². The zero-order valence-electron chi connectivity index (χ0n) is 18.5. The molecule has 1 aromatic carbocycles. The Kier molecular flexibility index (Phi) is 7.20. The van der Waals surface area contributed by atoms with Gasteiger partial charge in [-0.3, -0.25) is 14.5 Å². The topological polar surface area (TPSA) is 54.8 Å². The number of amides is 1. The van der Waals surface area contributed by atoms with E-state index in [2.05, 4.69) is 29.2 Å². The summed E-state index contributed by atoms with van der Waals surface area (Å²) < 4.78 is 7.09. The zero-order valence-corrected chi connectivity index (χ0v) is 18.5. The molecule has 2 aromatic rings. The van der Waals surface area contributed by atoms with Gasteiger partial charge in [0, 0.05) is 45.5 Å². The molecule has 1 amide bonds. The van der Waals surface area contributed by atoms with Crippen LogP contribution in [0.25, 0.3) is 0 Å². The van der Waals surface area contributed by atoms with Crippen LogP contribution < -0.4 is 5.56 Å². The third kappa shape index (κ3) is 5.25. The minimum absolute atomic E-state index is 0.114. The van der Waals surface area contributed by atoms with E-state index in [9.17, 15) is 9.59 Å². The Morgan fingerprint density at radius 1 is 1.00 bits per heavy atom. The molecule has 1 atom stereocenters. The van der Waals surface area contributed by atoms with Crippen molar-refractivity contribution < 1.29 is 9.53 Å². The van der Waals surface area contributed by atoms with Crippen molar-refractivity contribution in [1.29, 1.82) is 0 Å². The standard InChI is InChI=1S/C25H33N3O3/c1-20-9-12-28(15-14-26-16-18-31-19-17-26)25(30)23(20)24(29)27-11-5-8-22(10-13-27)21-6-3-2-4-7-21/h2-4,6-7,9,12,22H,5,8,10-11,13-19H2,1H3. The van der Waals surface area contributed by atoms with E-state index in [0.717, 1.165) is 57.7 Å². The summed E-state index contributed by atoms with van der Waals surface area (Å²) >= 11 is 0. The van der Waals surface area contributed by atoms with Crippen LogP contribution in [0.3, 0.4) is 0 Å². The van der Waals surface area contributed by atoms with Crippen LogP contribution >= 0.6 is 0 Å². The second kappa shape index (κ2) is 10.2. The highest BCUT2D eigenvalue weighted by molar-refractivity contribution is 5.95. The minimum Gasteiger partial charge on any atom is -0.379 e. The van der Waals surface area contributed by atoms with E-state index in [0.29, 0.717) is 31.1 Å². The summed E-state index contributed by atoms with van der Waals surface area (Å²) in [6.45, 7) is 7.93. The Bertz CT molecular complexity index is 935. The zero-order chi connectivity index (χ0) is 21.6. The number of benzene rings is 1. The predicted octanol–water partition coefficient (Wildman–Crippen LogP) is 2.90. The van der Waals surface area contributed by atoms with Gasteiger partial charge in [-0.1, -0.05) is 30.3 Å². The fraction of sp³-hybridized carbons (Fsp3) is 0.520. The van der Waals surface area contributed by atoms with Crippen LogP contribution in [0, 0.1) is 6.92 Å². The molecular formula is C25H33N3O3. The van der Waals surface area contributed by atoms with Crippen LogP contribution in [0.4, 0.5) is 0 Å². The fourth-order valence-electron chi connectivity index (χ4n) is 4.69. The van der Waals surface area contributed by atoms with Gasteiger partial charge in [0.1, 0.15) is 5.56 Å². The van der Waals surface area contributed by atoms with Crippen molar-refractivity contribution >= 4 is 5.91 Å². The molecule has 2 saturated heterocycles. The molecule has 6 nitrogen and oxygen atoms in total. The lowest BCUT2D eigenvalue weighted by Crippen LogP contribution is -2.41. The third-order valence-electron chi connectivity index (χ3n) is 6.63. The molecule has 3 heterocycles. The first-order chi connectivity index (χ1) is 15.1. The smallest absolute Gasteiger partial charge is 0.263 e. The average molecular weight is 424 g/mol. The summed E-state index contributed by atoms with van der Waals surface area (Å²) in [7, 11) is 0. The normalized spacial score (nSPS) is 20.4. The van der Waals surface area contributed by atoms with E-state index in [1.54, 1.807) is 4.57 Å². The Morgan fingerprint density at radius 3 is 2.55 bits per heavy atom. The number of carbonyl (C=O) groups excluding carboxylic acids is 1. The highest BCUT2D eigenvalue weighted by Gasteiger charge is 2.26. The van der Waals surface area contributed by atoms with E-state index in [4.69, 9.17) is 4.74 Å². The summed E-state index contributed by atoms with van der Waals surface area (Å²) in [5, 5.41) is 0. The summed E-state index contributed by atoms with van der Waals surface area (Å²) in [6, 6.07) is 12.5. The maximum Gasteiger partial charge on any atom is 0.263 e. The lowest BCUT2D eigenvalue weighted by atomic mass is 9.92. The fourth-order valence-corrected chi connectivity index (χ4v) is 4.69. The Morgan fingerprint density at radius 2 is 1.77 bits per heavy atom. The maximum atomic E-state index is 13.4. The molecule has 0 N–H and O–H groups in total. The molecule has 0 aliphatic carbocycles. The predicted molar refractivity (Wildman–Crippen MR) is 122 cm³/mol. The summed E-state index contributed by atoms with van der Waals surface area (Å²) in [5.74, 6) is 0.359. The highest BCUT2D eigenvalue weighted by Crippen LogP contribution is 2.28. The SMILES string of the molecule is Cc1ccn(CCN2CCOCC2)c(=O)c1C(=O)N1CCCC(c2ccccc2)CC1. The summed E-state index contributed by atoms with van der Waals surface area (Å²) in [6.07, 6.45) is 4.79. The summed E-state index contributed by atoms with van der Waals surface area (Å²) in [5.41, 5.74) is 2.28. The van der Waals surface area contributed by atoms with E-state index in [-0.39, 0.29) is 11.5 Å². The van der Waals surface area contributed by atoms with Crippen molar-refractivity contribution in [3.05, 3.63) is 69.6 Å². The van der Waals surface area contributed by atoms with E-state index < -0.39 is 0 Å². The number of aryl methyl sites for hydroxylation is 1. The van der Waals surface area contributed by atoms with Gasteiger partial charge in [-0.05, 0) is 49.3 Å². The first kappa shape index (κ1) is 21.8. The number of hydrogen-bond donors (Lipinski definition) is 0. The second-order valence-corrected chi connectivity index (χ2v) is 8.66. The third-order valence-corrected chi connectivity index (χ3v) is 6.63. The van der Waals surface area contributed by atoms with Crippen molar-refractivity contribution in [3.8, 4) is 0 Å². The monoisotopic (exact) mass is 423 g/mol. The van der Waals surface area contributed by atoms with Gasteiger partial charge in [0.15, 0.2) is 0 Å². The van der Waals surface area contributed by atoms with Crippen LogP contribution in [0.5, 0.6) is 0 Å². The Balaban J connectivity index is 1.45. The number of nitrogens with zero attached hydrogens (tertiary/aromatic N) is 3. The van der Waals surface area contributed by atoms with Crippen LogP contribution in [-0.4, -0.2) is 66.2 Å². The van der Waals surface area contributed by atoms with Crippen LogP contribution in [-0.2, 0) is 11.3 Å². The van der Waals surface area contributed by atoms with Crippen LogP contribution in [0.1, 0.15) is 46.7 Å². The van der Waals surface area contributed by atoms with E-state index in [1.165, 1.54) is 5.56 Å². The molecule has 0 bridgehead atoms. The Hall–Kier alpha value is -2.44. The molecule has 4 rings (SSSR count). The second-order valence-electron chi connectivity index (χ2n) is 8.66. The van der Waals surface area contributed by atoms with Gasteiger partial charge in [0.2, 0.25) is 0 Å². The number of rotatable bonds is 5. The number of likely N-dealkylation sites (tertiary alicyclic amines) is 1. The number of hydrogen-bond acceptors (Lipinski definition) is 4. The molecule has 1 aromatic heterocycles.